The molecule has 1 aromatic heterocycles. The minimum atomic E-state index is -0.141. The smallest absolute Gasteiger partial charge is 0.276 e. The number of likely N-dealkylation sites (tertiary alicyclic amines) is 1. The fraction of sp³-hybridized carbons (Fsp3) is 0.474. The van der Waals surface area contributed by atoms with Crippen LogP contribution in [0.15, 0.2) is 24.3 Å². The maximum absolute atomic E-state index is 12.6. The lowest BCUT2D eigenvalue weighted by molar-refractivity contribution is 0.102. The van der Waals surface area contributed by atoms with Gasteiger partial charge in [0.05, 0.1) is 0 Å². The molecule has 4 rings (SSSR count). The highest BCUT2D eigenvalue weighted by atomic mass is 16.1. The molecule has 132 valence electrons. The number of nitrogens with zero attached hydrogens (tertiary/aromatic N) is 2. The first-order valence-electron chi connectivity index (χ1n) is 9.19. The van der Waals surface area contributed by atoms with Gasteiger partial charge in [-0.1, -0.05) is 12.1 Å². The first-order chi connectivity index (χ1) is 12.3. The Labute approximate surface area is 148 Å². The van der Waals surface area contributed by atoms with Crippen LogP contribution < -0.4 is 10.6 Å². The molecule has 3 heterocycles. The molecule has 1 fully saturated rings. The van der Waals surface area contributed by atoms with Gasteiger partial charge in [0, 0.05) is 43.0 Å². The number of amides is 1. The molecule has 0 unspecified atom stereocenters. The van der Waals surface area contributed by atoms with Crippen LogP contribution in [0.3, 0.4) is 0 Å². The highest BCUT2D eigenvalue weighted by Crippen LogP contribution is 2.18. The van der Waals surface area contributed by atoms with Crippen molar-refractivity contribution in [1.29, 1.82) is 0 Å². The third kappa shape index (κ3) is 3.75. The van der Waals surface area contributed by atoms with Crippen molar-refractivity contribution in [3.63, 3.8) is 0 Å². The van der Waals surface area contributed by atoms with E-state index in [1.165, 1.54) is 31.5 Å². The van der Waals surface area contributed by atoms with Gasteiger partial charge in [0.1, 0.15) is 0 Å². The Morgan fingerprint density at radius 3 is 3.04 bits per heavy atom. The molecule has 6 heteroatoms. The van der Waals surface area contributed by atoms with Crippen LogP contribution in [0.5, 0.6) is 0 Å². The second kappa shape index (κ2) is 7.37. The number of aromatic amines is 1. The van der Waals surface area contributed by atoms with Crippen molar-refractivity contribution in [1.82, 2.24) is 20.4 Å². The Morgan fingerprint density at radius 2 is 2.16 bits per heavy atom. The molecule has 0 spiro atoms. The highest BCUT2D eigenvalue weighted by molar-refractivity contribution is 6.04. The van der Waals surface area contributed by atoms with Crippen molar-refractivity contribution < 1.29 is 4.79 Å². The maximum Gasteiger partial charge on any atom is 0.276 e. The lowest BCUT2D eigenvalue weighted by Gasteiger charge is -2.15. The Hall–Kier alpha value is -2.18. The molecule has 0 atom stereocenters. The minimum Gasteiger partial charge on any atom is -0.321 e. The summed E-state index contributed by atoms with van der Waals surface area (Å²) in [6, 6.07) is 8.16. The second-order valence-electron chi connectivity index (χ2n) is 6.91. The van der Waals surface area contributed by atoms with Crippen LogP contribution in [0.25, 0.3) is 0 Å². The van der Waals surface area contributed by atoms with E-state index in [0.29, 0.717) is 12.2 Å². The molecule has 1 amide bonds. The summed E-state index contributed by atoms with van der Waals surface area (Å²) in [5.41, 5.74) is 4.67. The average Bonchev–Trinajstić information content (AvgIpc) is 3.30. The van der Waals surface area contributed by atoms with E-state index >= 15 is 0 Å². The van der Waals surface area contributed by atoms with E-state index in [1.54, 1.807) is 0 Å². The van der Waals surface area contributed by atoms with Crippen LogP contribution in [0.4, 0.5) is 5.69 Å². The summed E-state index contributed by atoms with van der Waals surface area (Å²) in [6.07, 6.45) is 4.55. The van der Waals surface area contributed by atoms with Gasteiger partial charge in [-0.25, -0.2) is 0 Å². The molecule has 6 nitrogen and oxygen atoms in total. The summed E-state index contributed by atoms with van der Waals surface area (Å²) in [5.74, 6) is -0.141. The summed E-state index contributed by atoms with van der Waals surface area (Å²) in [6.45, 7) is 5.15. The normalized spacial score (nSPS) is 17.4. The molecule has 1 saturated heterocycles. The molecule has 0 radical (unpaired) electrons. The van der Waals surface area contributed by atoms with E-state index < -0.39 is 0 Å². The SMILES string of the molecule is O=C(Nc1cccc(CCN2CCCC2)c1)c1n[nH]c2c1CNCC2. The lowest BCUT2D eigenvalue weighted by atomic mass is 10.1. The van der Waals surface area contributed by atoms with E-state index in [9.17, 15) is 4.79 Å². The molecule has 2 aliphatic rings. The van der Waals surface area contributed by atoms with Crippen LogP contribution in [0, 0.1) is 0 Å². The van der Waals surface area contributed by atoms with Crippen molar-refractivity contribution in [3.8, 4) is 0 Å². The number of aromatic nitrogens is 2. The highest BCUT2D eigenvalue weighted by Gasteiger charge is 2.21. The number of hydrogen-bond acceptors (Lipinski definition) is 4. The molecular formula is C19H25N5O. The zero-order valence-corrected chi connectivity index (χ0v) is 14.5. The zero-order chi connectivity index (χ0) is 17.1. The minimum absolute atomic E-state index is 0.141. The average molecular weight is 339 g/mol. The molecule has 25 heavy (non-hydrogen) atoms. The van der Waals surface area contributed by atoms with Crippen LogP contribution >= 0.6 is 0 Å². The van der Waals surface area contributed by atoms with Gasteiger partial charge in [0.25, 0.3) is 5.91 Å². The van der Waals surface area contributed by atoms with E-state index in [1.807, 2.05) is 12.1 Å². The van der Waals surface area contributed by atoms with Crippen molar-refractivity contribution >= 4 is 11.6 Å². The number of fused-ring (bicyclic) bond motifs is 1. The largest absolute Gasteiger partial charge is 0.321 e. The number of H-pyrrole nitrogens is 1. The first kappa shape index (κ1) is 16.3. The molecule has 3 N–H and O–H groups in total. The van der Waals surface area contributed by atoms with Gasteiger partial charge >= 0.3 is 0 Å². The van der Waals surface area contributed by atoms with Crippen molar-refractivity contribution in [2.75, 3.05) is 31.5 Å². The third-order valence-electron chi connectivity index (χ3n) is 5.12. The number of benzene rings is 1. The summed E-state index contributed by atoms with van der Waals surface area (Å²) < 4.78 is 0. The number of anilines is 1. The van der Waals surface area contributed by atoms with Gasteiger partial charge in [-0.05, 0) is 50.0 Å². The number of rotatable bonds is 5. The topological polar surface area (TPSA) is 73.0 Å². The lowest BCUT2D eigenvalue weighted by Crippen LogP contribution is -2.25. The van der Waals surface area contributed by atoms with Gasteiger partial charge in [-0.3, -0.25) is 9.89 Å². The number of carbonyl (C=O) groups is 1. The van der Waals surface area contributed by atoms with Crippen LogP contribution in [0.2, 0.25) is 0 Å². The molecule has 0 bridgehead atoms. The number of carbonyl (C=O) groups excluding carboxylic acids is 1. The zero-order valence-electron chi connectivity index (χ0n) is 14.5. The van der Waals surface area contributed by atoms with Crippen molar-refractivity contribution in [2.45, 2.75) is 32.2 Å². The monoisotopic (exact) mass is 339 g/mol. The van der Waals surface area contributed by atoms with Crippen LogP contribution in [-0.4, -0.2) is 47.2 Å². The summed E-state index contributed by atoms with van der Waals surface area (Å²) in [5, 5.41) is 13.5. The Balaban J connectivity index is 1.41. The van der Waals surface area contributed by atoms with Crippen molar-refractivity contribution in [3.05, 3.63) is 46.8 Å². The Kier molecular flexibility index (Phi) is 4.81. The van der Waals surface area contributed by atoms with E-state index in [0.717, 1.165) is 42.9 Å². The van der Waals surface area contributed by atoms with Gasteiger partial charge < -0.3 is 15.5 Å². The maximum atomic E-state index is 12.6. The molecular weight excluding hydrogens is 314 g/mol. The standard InChI is InChI=1S/C19H25N5O/c25-19(18-16-13-20-8-6-17(16)22-23-18)21-15-5-3-4-14(12-15)7-11-24-9-1-2-10-24/h3-5,12,20H,1-2,6-11,13H2,(H,21,25)(H,22,23). The number of hydrogen-bond donors (Lipinski definition) is 3. The van der Waals surface area contributed by atoms with Gasteiger partial charge in [-0.15, -0.1) is 0 Å². The Bertz CT molecular complexity index is 748. The molecule has 1 aromatic carbocycles. The van der Waals surface area contributed by atoms with E-state index in [4.69, 9.17) is 0 Å². The van der Waals surface area contributed by atoms with Crippen LogP contribution in [-0.2, 0) is 19.4 Å². The summed E-state index contributed by atoms with van der Waals surface area (Å²) >= 11 is 0. The Morgan fingerprint density at radius 1 is 1.28 bits per heavy atom. The molecule has 2 aliphatic heterocycles. The van der Waals surface area contributed by atoms with Crippen molar-refractivity contribution in [2.24, 2.45) is 0 Å². The molecule has 2 aromatic rings. The van der Waals surface area contributed by atoms with E-state index in [-0.39, 0.29) is 5.91 Å². The van der Waals surface area contributed by atoms with Gasteiger partial charge in [0.2, 0.25) is 0 Å². The second-order valence-corrected chi connectivity index (χ2v) is 6.91. The fourth-order valence-corrected chi connectivity index (χ4v) is 3.70. The predicted molar refractivity (Wildman–Crippen MR) is 97.8 cm³/mol. The van der Waals surface area contributed by atoms with Gasteiger partial charge in [-0.2, -0.15) is 5.10 Å². The first-order valence-corrected chi connectivity index (χ1v) is 9.19. The fourth-order valence-electron chi connectivity index (χ4n) is 3.70. The molecule has 0 aliphatic carbocycles. The summed E-state index contributed by atoms with van der Waals surface area (Å²) in [7, 11) is 0. The van der Waals surface area contributed by atoms with E-state index in [2.05, 4.69) is 37.9 Å². The summed E-state index contributed by atoms with van der Waals surface area (Å²) in [4.78, 5) is 15.1. The quantitative estimate of drug-likeness (QED) is 0.778. The van der Waals surface area contributed by atoms with Gasteiger partial charge in [0.15, 0.2) is 5.69 Å². The molecule has 0 saturated carbocycles. The predicted octanol–water partition coefficient (Wildman–Crippen LogP) is 1.95. The van der Waals surface area contributed by atoms with Crippen LogP contribution in [0.1, 0.15) is 40.2 Å². The number of nitrogens with one attached hydrogen (secondary N) is 3. The third-order valence-corrected chi connectivity index (χ3v) is 5.12.